The molecule has 0 spiro atoms. The summed E-state index contributed by atoms with van der Waals surface area (Å²) in [7, 11) is 1.92. The highest BCUT2D eigenvalue weighted by atomic mass is 18.2. The van der Waals surface area contributed by atoms with Crippen LogP contribution in [0.5, 0.6) is 0 Å². The summed E-state index contributed by atoms with van der Waals surface area (Å²) < 4.78 is 13.8. The molecule has 0 bridgehead atoms. The number of aromatic nitrogens is 3. The highest BCUT2D eigenvalue weighted by Crippen LogP contribution is 2.13. The van der Waals surface area contributed by atoms with E-state index in [2.05, 4.69) is 76.3 Å². The first kappa shape index (κ1) is 17.9. The van der Waals surface area contributed by atoms with E-state index in [0.717, 1.165) is 24.2 Å². The third-order valence-electron chi connectivity index (χ3n) is 4.22. The van der Waals surface area contributed by atoms with E-state index in [4.69, 9.17) is 0 Å². The molecule has 0 amide bonds. The van der Waals surface area contributed by atoms with Gasteiger partial charge in [0.05, 0.1) is 12.2 Å². The molecule has 0 saturated carbocycles. The summed E-state index contributed by atoms with van der Waals surface area (Å²) in [6.07, 6.45) is 7.73. The third kappa shape index (κ3) is 5.02. The molecule has 3 aromatic rings. The first-order chi connectivity index (χ1) is 12.8. The lowest BCUT2D eigenvalue weighted by Crippen LogP contribution is -1.99. The first-order valence-electron chi connectivity index (χ1n) is 8.76. The van der Waals surface area contributed by atoms with Crippen molar-refractivity contribution in [3.63, 3.8) is 0 Å². The van der Waals surface area contributed by atoms with E-state index in [-0.39, 0.29) is 6.54 Å². The molecule has 5 heteroatoms. The number of aryl methyl sites for hydroxylation is 3. The molecule has 1 heterocycles. The van der Waals surface area contributed by atoms with Crippen molar-refractivity contribution < 1.29 is 4.39 Å². The summed E-state index contributed by atoms with van der Waals surface area (Å²) >= 11 is 0. The molecule has 1 aromatic heterocycles. The highest BCUT2D eigenvalue weighted by molar-refractivity contribution is 5.70. The Labute approximate surface area is 153 Å². The summed E-state index contributed by atoms with van der Waals surface area (Å²) in [5, 5.41) is 11.1. The standard InChI is InChI=1S/C21H23FN4/c1-23-20-11-8-19(9-12-20)7-4-17-2-5-18(6-3-17)10-13-21-16-26(15-14-22)25-24-21/h2-9,11-12,16,23H,10,13-15H2,1H3/b7-4+/i22-1. The molecule has 2 aromatic carbocycles. The molecule has 4 nitrogen and oxygen atoms in total. The van der Waals surface area contributed by atoms with Crippen molar-refractivity contribution in [3.05, 3.63) is 77.1 Å². The predicted molar refractivity (Wildman–Crippen MR) is 105 cm³/mol. The minimum atomic E-state index is -0.419. The molecule has 0 aliphatic carbocycles. The number of nitrogens with one attached hydrogen (secondary N) is 1. The monoisotopic (exact) mass is 349 g/mol. The van der Waals surface area contributed by atoms with Crippen LogP contribution in [0.2, 0.25) is 0 Å². The highest BCUT2D eigenvalue weighted by Gasteiger charge is 2.02. The van der Waals surface area contributed by atoms with Crippen LogP contribution in [0.1, 0.15) is 22.4 Å². The van der Waals surface area contributed by atoms with Gasteiger partial charge in [-0.25, -0.2) is 9.07 Å². The van der Waals surface area contributed by atoms with E-state index in [1.165, 1.54) is 16.7 Å². The topological polar surface area (TPSA) is 42.7 Å². The van der Waals surface area contributed by atoms with Crippen LogP contribution in [-0.2, 0) is 19.4 Å². The van der Waals surface area contributed by atoms with Crippen LogP contribution >= 0.6 is 0 Å². The Bertz CT molecular complexity index is 835. The molecule has 0 aliphatic heterocycles. The average molecular weight is 349 g/mol. The van der Waals surface area contributed by atoms with Gasteiger partial charge in [0.2, 0.25) is 0 Å². The number of benzene rings is 2. The van der Waals surface area contributed by atoms with Gasteiger partial charge in [-0.1, -0.05) is 53.8 Å². The van der Waals surface area contributed by atoms with Crippen LogP contribution in [0.4, 0.5) is 10.1 Å². The summed E-state index contributed by atoms with van der Waals surface area (Å²) in [4.78, 5) is 0. The van der Waals surface area contributed by atoms with Crippen LogP contribution < -0.4 is 5.32 Å². The van der Waals surface area contributed by atoms with Gasteiger partial charge in [0, 0.05) is 18.9 Å². The largest absolute Gasteiger partial charge is 0.388 e. The summed E-state index contributed by atoms with van der Waals surface area (Å²) in [6.45, 7) is -0.150. The SMILES string of the molecule is CNc1ccc(/C=C/c2ccc(CCc3cn(CC[18F])nn3)cc2)cc1. The molecular weight excluding hydrogens is 326 g/mol. The minimum absolute atomic E-state index is 0.270. The van der Waals surface area contributed by atoms with E-state index in [1.54, 1.807) is 4.68 Å². The second-order valence-corrected chi connectivity index (χ2v) is 6.11. The van der Waals surface area contributed by atoms with Gasteiger partial charge in [-0.3, -0.25) is 0 Å². The summed E-state index contributed by atoms with van der Waals surface area (Å²) in [5.74, 6) is 0. The molecule has 0 saturated heterocycles. The molecule has 0 unspecified atom stereocenters. The zero-order valence-electron chi connectivity index (χ0n) is 14.9. The Morgan fingerprint density at radius 3 is 2.23 bits per heavy atom. The molecule has 1 N–H and O–H groups in total. The normalized spacial score (nSPS) is 11.2. The van der Waals surface area contributed by atoms with Crippen molar-refractivity contribution in [2.24, 2.45) is 0 Å². The third-order valence-corrected chi connectivity index (χ3v) is 4.22. The van der Waals surface area contributed by atoms with Crippen molar-refractivity contribution in [1.29, 1.82) is 0 Å². The van der Waals surface area contributed by atoms with Gasteiger partial charge >= 0.3 is 0 Å². The second-order valence-electron chi connectivity index (χ2n) is 6.11. The molecule has 26 heavy (non-hydrogen) atoms. The van der Waals surface area contributed by atoms with Crippen molar-refractivity contribution in [3.8, 4) is 0 Å². The second kappa shape index (κ2) is 8.94. The van der Waals surface area contributed by atoms with E-state index in [9.17, 15) is 4.39 Å². The fourth-order valence-corrected chi connectivity index (χ4v) is 2.67. The Hall–Kier alpha value is -2.95. The fourth-order valence-electron chi connectivity index (χ4n) is 2.67. The molecule has 134 valence electrons. The maximum Gasteiger partial charge on any atom is 0.109 e. The number of rotatable bonds is 8. The Morgan fingerprint density at radius 2 is 1.62 bits per heavy atom. The Morgan fingerprint density at radius 1 is 0.962 bits per heavy atom. The van der Waals surface area contributed by atoms with Gasteiger partial charge in [0.25, 0.3) is 0 Å². The van der Waals surface area contributed by atoms with Gasteiger partial charge in [0.15, 0.2) is 0 Å². The van der Waals surface area contributed by atoms with Gasteiger partial charge in [-0.15, -0.1) is 5.10 Å². The first-order valence-corrected chi connectivity index (χ1v) is 8.76. The lowest BCUT2D eigenvalue weighted by Gasteiger charge is -2.01. The Balaban J connectivity index is 1.54. The van der Waals surface area contributed by atoms with E-state index < -0.39 is 6.67 Å². The van der Waals surface area contributed by atoms with E-state index >= 15 is 0 Å². The van der Waals surface area contributed by atoms with Crippen LogP contribution in [0.25, 0.3) is 12.2 Å². The van der Waals surface area contributed by atoms with Crippen LogP contribution in [0.3, 0.4) is 0 Å². The average Bonchev–Trinajstić information content (AvgIpc) is 3.14. The maximum atomic E-state index is 12.3. The summed E-state index contributed by atoms with van der Waals surface area (Å²) in [6, 6.07) is 16.8. The molecule has 0 fully saturated rings. The number of nitrogens with zero attached hydrogens (tertiary/aromatic N) is 3. The van der Waals surface area contributed by atoms with Gasteiger partial charge in [0.1, 0.15) is 6.67 Å². The van der Waals surface area contributed by atoms with Crippen molar-refractivity contribution >= 4 is 17.8 Å². The van der Waals surface area contributed by atoms with Crippen LogP contribution in [-0.4, -0.2) is 28.7 Å². The number of halogens is 1. The molecule has 3 rings (SSSR count). The zero-order chi connectivity index (χ0) is 18.2. The van der Waals surface area contributed by atoms with Gasteiger partial charge in [-0.2, -0.15) is 0 Å². The molecule has 0 radical (unpaired) electrons. The van der Waals surface area contributed by atoms with E-state index in [1.807, 2.05) is 13.2 Å². The number of anilines is 1. The molecule has 0 aliphatic rings. The van der Waals surface area contributed by atoms with Crippen LogP contribution in [0, 0.1) is 0 Å². The molecule has 0 atom stereocenters. The number of hydrogen-bond donors (Lipinski definition) is 1. The van der Waals surface area contributed by atoms with Gasteiger partial charge < -0.3 is 5.32 Å². The van der Waals surface area contributed by atoms with Crippen molar-refractivity contribution in [1.82, 2.24) is 15.0 Å². The lowest BCUT2D eigenvalue weighted by atomic mass is 10.1. The maximum absolute atomic E-state index is 12.3. The number of alkyl halides is 1. The molecular formula is C21H23FN4. The minimum Gasteiger partial charge on any atom is -0.388 e. The zero-order valence-corrected chi connectivity index (χ0v) is 14.9. The van der Waals surface area contributed by atoms with E-state index in [0.29, 0.717) is 0 Å². The lowest BCUT2D eigenvalue weighted by molar-refractivity contribution is 0.422. The number of hydrogen-bond acceptors (Lipinski definition) is 3. The van der Waals surface area contributed by atoms with Gasteiger partial charge in [-0.05, 0) is 41.7 Å². The fraction of sp³-hybridized carbons (Fsp3) is 0.238. The van der Waals surface area contributed by atoms with Crippen molar-refractivity contribution in [2.45, 2.75) is 19.4 Å². The smallest absolute Gasteiger partial charge is 0.109 e. The summed E-state index contributed by atoms with van der Waals surface area (Å²) in [5.41, 5.74) is 5.59. The van der Waals surface area contributed by atoms with Crippen molar-refractivity contribution in [2.75, 3.05) is 19.0 Å². The quantitative estimate of drug-likeness (QED) is 0.619. The van der Waals surface area contributed by atoms with Crippen LogP contribution in [0.15, 0.2) is 54.7 Å². The Kier molecular flexibility index (Phi) is 6.14. The predicted octanol–water partition coefficient (Wildman–Crippen LogP) is 4.24.